The van der Waals surface area contributed by atoms with Crippen molar-refractivity contribution in [1.82, 2.24) is 15.2 Å². The zero-order valence-corrected chi connectivity index (χ0v) is 21.1. The second-order valence-electron chi connectivity index (χ2n) is 8.99. The number of nitrogens with one attached hydrogen (secondary N) is 1. The zero-order valence-electron chi connectivity index (χ0n) is 20.3. The smallest absolute Gasteiger partial charge is 0.221 e. The molecule has 1 aliphatic rings. The van der Waals surface area contributed by atoms with Crippen LogP contribution in [0, 0.1) is 0 Å². The van der Waals surface area contributed by atoms with E-state index < -0.39 is 35.9 Å². The Hall–Kier alpha value is -2.24. The summed E-state index contributed by atoms with van der Waals surface area (Å²) in [7, 11) is 0.730. The molecule has 2 heterocycles. The minimum absolute atomic E-state index is 0.0602. The molecule has 1 amide bonds. The van der Waals surface area contributed by atoms with Crippen LogP contribution in [0.1, 0.15) is 37.9 Å². The van der Waals surface area contributed by atoms with Crippen LogP contribution in [0.2, 0.25) is 0 Å². The van der Waals surface area contributed by atoms with E-state index in [0.29, 0.717) is 23.6 Å². The van der Waals surface area contributed by atoms with Gasteiger partial charge < -0.3 is 25.2 Å². The normalized spacial score (nSPS) is 23.0. The topological polar surface area (TPSA) is 112 Å². The summed E-state index contributed by atoms with van der Waals surface area (Å²) >= 11 is 0. The third-order valence-electron chi connectivity index (χ3n) is 6.29. The number of aliphatic hydroxyl groups excluding tert-OH is 2. The molecule has 192 valence electrons. The van der Waals surface area contributed by atoms with Crippen LogP contribution in [0.4, 0.5) is 4.39 Å². The fraction of sp³-hybridized carbons (Fsp3) is 0.520. The SMILES string of the molecule is C[C@@H]1C[C@H](N(C)CCC(=O)N[C@H](CF)[C@H](O)c2ccc(-c3ccc(S(C)=O)nc3)cc2)C[C@H](O)O1. The molecule has 0 saturated carbocycles. The van der Waals surface area contributed by atoms with Crippen molar-refractivity contribution >= 4 is 16.7 Å². The van der Waals surface area contributed by atoms with Gasteiger partial charge in [-0.1, -0.05) is 30.3 Å². The monoisotopic (exact) mass is 507 g/mol. The summed E-state index contributed by atoms with van der Waals surface area (Å²) in [5.74, 6) is -0.352. The average Bonchev–Trinajstić information content (AvgIpc) is 2.85. The molecule has 1 unspecified atom stereocenters. The predicted octanol–water partition coefficient (Wildman–Crippen LogP) is 2.18. The summed E-state index contributed by atoms with van der Waals surface area (Å²) in [5.41, 5.74) is 2.16. The summed E-state index contributed by atoms with van der Waals surface area (Å²) in [4.78, 5) is 18.6. The molecule has 10 heteroatoms. The van der Waals surface area contributed by atoms with Crippen LogP contribution in [-0.4, -0.2) is 81.2 Å². The number of amides is 1. The number of pyridine rings is 1. The fourth-order valence-electron chi connectivity index (χ4n) is 4.22. The first kappa shape index (κ1) is 27.3. The summed E-state index contributed by atoms with van der Waals surface area (Å²) in [6, 6.07) is 9.49. The fourth-order valence-corrected chi connectivity index (χ4v) is 4.68. The van der Waals surface area contributed by atoms with E-state index in [-0.39, 0.29) is 24.5 Å². The maximum Gasteiger partial charge on any atom is 0.221 e. The molecular weight excluding hydrogens is 473 g/mol. The molecule has 1 fully saturated rings. The van der Waals surface area contributed by atoms with Crippen molar-refractivity contribution in [1.29, 1.82) is 0 Å². The minimum Gasteiger partial charge on any atom is -0.386 e. The van der Waals surface area contributed by atoms with Gasteiger partial charge in [-0.3, -0.25) is 9.00 Å². The van der Waals surface area contributed by atoms with Crippen molar-refractivity contribution < 1.29 is 28.3 Å². The molecule has 6 atom stereocenters. The van der Waals surface area contributed by atoms with Crippen LogP contribution in [0.5, 0.6) is 0 Å². The van der Waals surface area contributed by atoms with E-state index in [0.717, 1.165) is 17.5 Å². The van der Waals surface area contributed by atoms with E-state index in [4.69, 9.17) is 4.74 Å². The molecule has 1 aromatic heterocycles. The van der Waals surface area contributed by atoms with Crippen LogP contribution in [0.3, 0.4) is 0 Å². The maximum absolute atomic E-state index is 13.7. The number of benzene rings is 1. The Balaban J connectivity index is 1.54. The van der Waals surface area contributed by atoms with Gasteiger partial charge >= 0.3 is 0 Å². The Morgan fingerprint density at radius 1 is 1.26 bits per heavy atom. The Labute approximate surface area is 208 Å². The molecule has 0 spiro atoms. The van der Waals surface area contributed by atoms with Gasteiger partial charge in [0.25, 0.3) is 0 Å². The molecule has 0 bridgehead atoms. The van der Waals surface area contributed by atoms with Gasteiger partial charge in [0.1, 0.15) is 17.8 Å². The molecule has 1 aliphatic heterocycles. The van der Waals surface area contributed by atoms with Crippen molar-refractivity contribution in [2.75, 3.05) is 26.5 Å². The number of halogens is 1. The van der Waals surface area contributed by atoms with Crippen molar-refractivity contribution in [2.24, 2.45) is 0 Å². The van der Waals surface area contributed by atoms with E-state index in [1.54, 1.807) is 42.8 Å². The van der Waals surface area contributed by atoms with Gasteiger partial charge in [0.05, 0.1) is 22.9 Å². The number of hydrogen-bond donors (Lipinski definition) is 3. The van der Waals surface area contributed by atoms with Crippen LogP contribution in [-0.2, 0) is 20.3 Å². The Morgan fingerprint density at radius 3 is 2.51 bits per heavy atom. The van der Waals surface area contributed by atoms with E-state index in [1.165, 1.54) is 0 Å². The molecule has 0 aliphatic carbocycles. The van der Waals surface area contributed by atoms with E-state index in [2.05, 4.69) is 10.3 Å². The molecule has 3 N–H and O–H groups in total. The number of alkyl halides is 1. The minimum atomic E-state index is -1.20. The lowest BCUT2D eigenvalue weighted by molar-refractivity contribution is -0.173. The van der Waals surface area contributed by atoms with E-state index in [9.17, 15) is 23.6 Å². The zero-order chi connectivity index (χ0) is 25.5. The number of nitrogens with zero attached hydrogens (tertiary/aromatic N) is 2. The van der Waals surface area contributed by atoms with Gasteiger partial charge in [-0.25, -0.2) is 9.37 Å². The van der Waals surface area contributed by atoms with Crippen LogP contribution in [0.25, 0.3) is 11.1 Å². The summed E-state index contributed by atoms with van der Waals surface area (Å²) in [6.45, 7) is 1.43. The molecular formula is C25H34FN3O5S. The van der Waals surface area contributed by atoms with Crippen molar-refractivity contribution in [3.63, 3.8) is 0 Å². The van der Waals surface area contributed by atoms with Gasteiger partial charge in [-0.05, 0) is 37.6 Å². The number of aromatic nitrogens is 1. The molecule has 3 rings (SSSR count). The average molecular weight is 508 g/mol. The quantitative estimate of drug-likeness (QED) is 0.452. The highest BCUT2D eigenvalue weighted by Gasteiger charge is 2.29. The standard InChI is InChI=1S/C25H34FN3O5S/c1-16-12-20(13-24(31)34-16)29(2)11-10-22(30)28-21(14-26)25(32)18-6-4-17(5-7-18)19-8-9-23(27-15-19)35(3)33/h4-9,15-16,20-21,24-25,31-32H,10-14H2,1-3H3,(H,28,30)/t16-,20+,21-,24-,25-,35?/m1/s1. The van der Waals surface area contributed by atoms with Gasteiger partial charge in [0.2, 0.25) is 5.91 Å². The molecule has 0 radical (unpaired) electrons. The first-order valence-electron chi connectivity index (χ1n) is 11.6. The number of carbonyl (C=O) groups is 1. The van der Waals surface area contributed by atoms with E-state index >= 15 is 0 Å². The van der Waals surface area contributed by atoms with Crippen LogP contribution < -0.4 is 5.32 Å². The number of rotatable bonds is 10. The molecule has 1 aromatic carbocycles. The summed E-state index contributed by atoms with van der Waals surface area (Å²) < 4.78 is 30.6. The highest BCUT2D eigenvalue weighted by Crippen LogP contribution is 2.24. The second-order valence-corrected chi connectivity index (χ2v) is 10.3. The van der Waals surface area contributed by atoms with E-state index in [1.807, 2.05) is 24.9 Å². The molecule has 35 heavy (non-hydrogen) atoms. The summed E-state index contributed by atoms with van der Waals surface area (Å²) in [6.07, 6.45) is 2.50. The Kier molecular flexibility index (Phi) is 9.88. The largest absolute Gasteiger partial charge is 0.386 e. The van der Waals surface area contributed by atoms with Crippen molar-refractivity contribution in [2.45, 2.75) is 61.8 Å². The van der Waals surface area contributed by atoms with Gasteiger partial charge in [0.15, 0.2) is 6.29 Å². The second kappa shape index (κ2) is 12.6. The van der Waals surface area contributed by atoms with Crippen molar-refractivity contribution in [3.05, 3.63) is 48.2 Å². The first-order valence-corrected chi connectivity index (χ1v) is 13.2. The van der Waals surface area contributed by atoms with Crippen LogP contribution in [0.15, 0.2) is 47.6 Å². The predicted molar refractivity (Wildman–Crippen MR) is 132 cm³/mol. The third kappa shape index (κ3) is 7.62. The Bertz CT molecular complexity index is 982. The van der Waals surface area contributed by atoms with Crippen molar-refractivity contribution in [3.8, 4) is 11.1 Å². The molecule has 8 nitrogen and oxygen atoms in total. The highest BCUT2D eigenvalue weighted by molar-refractivity contribution is 7.84. The number of ether oxygens (including phenoxy) is 1. The number of aliphatic hydroxyl groups is 2. The Morgan fingerprint density at radius 2 is 1.94 bits per heavy atom. The first-order chi connectivity index (χ1) is 16.7. The molecule has 1 saturated heterocycles. The summed E-state index contributed by atoms with van der Waals surface area (Å²) in [5, 5.41) is 23.6. The molecule has 2 aromatic rings. The lowest BCUT2D eigenvalue weighted by Gasteiger charge is -2.36. The van der Waals surface area contributed by atoms with Gasteiger partial charge in [-0.15, -0.1) is 0 Å². The highest BCUT2D eigenvalue weighted by atomic mass is 32.2. The van der Waals surface area contributed by atoms with Crippen LogP contribution >= 0.6 is 0 Å². The lowest BCUT2D eigenvalue weighted by atomic mass is 9.99. The third-order valence-corrected chi connectivity index (χ3v) is 7.12. The van der Waals surface area contributed by atoms with Gasteiger partial charge in [-0.2, -0.15) is 0 Å². The number of carbonyl (C=O) groups excluding carboxylic acids is 1. The van der Waals surface area contributed by atoms with Gasteiger partial charge in [0, 0.05) is 43.4 Å². The maximum atomic E-state index is 13.7. The lowest BCUT2D eigenvalue weighted by Crippen LogP contribution is -2.45. The number of hydrogen-bond acceptors (Lipinski definition) is 7.